The third-order valence-corrected chi connectivity index (χ3v) is 3.27. The van der Waals surface area contributed by atoms with Gasteiger partial charge in [0.05, 0.1) is 19.3 Å². The summed E-state index contributed by atoms with van der Waals surface area (Å²) < 4.78 is 70.8. The molecule has 0 aliphatic heterocycles. The molecule has 9 heteroatoms. The minimum atomic E-state index is -5.06. The van der Waals surface area contributed by atoms with E-state index in [4.69, 9.17) is 23.7 Å². The summed E-state index contributed by atoms with van der Waals surface area (Å²) >= 11 is 0. The fraction of sp³-hybridized carbons (Fsp3) is 0.889. The van der Waals surface area contributed by atoms with E-state index in [1.165, 1.54) is 6.92 Å². The van der Waals surface area contributed by atoms with Gasteiger partial charge in [0.2, 0.25) is 0 Å². The summed E-state index contributed by atoms with van der Waals surface area (Å²) in [6.07, 6.45) is -3.50. The average Bonchev–Trinajstić information content (AvgIpc) is 2.57. The largest absolute Gasteiger partial charge is 0.527 e. The van der Waals surface area contributed by atoms with Crippen LogP contribution >= 0.6 is 0 Å². The first-order chi connectivity index (χ1) is 12.5. The second kappa shape index (κ2) is 12.0. The number of hydrogen-bond donors (Lipinski definition) is 0. The van der Waals surface area contributed by atoms with Gasteiger partial charge in [-0.25, -0.2) is 4.74 Å². The van der Waals surface area contributed by atoms with Crippen molar-refractivity contribution >= 4 is 0 Å². The normalized spacial score (nSPS) is 17.0. The van der Waals surface area contributed by atoms with E-state index < -0.39 is 30.0 Å². The van der Waals surface area contributed by atoms with Gasteiger partial charge in [0, 0.05) is 13.7 Å². The second-order valence-electron chi connectivity index (χ2n) is 5.99. The molecular weight excluding hydrogens is 369 g/mol. The first kappa shape index (κ1) is 26.3. The molecule has 0 amide bonds. The Kier molecular flexibility index (Phi) is 11.7. The van der Waals surface area contributed by atoms with Gasteiger partial charge in [0.15, 0.2) is 0 Å². The van der Waals surface area contributed by atoms with Crippen molar-refractivity contribution in [2.24, 2.45) is 0 Å². The molecular formula is C18H33F3O6. The van der Waals surface area contributed by atoms with Crippen LogP contribution in [0.2, 0.25) is 0 Å². The topological polar surface area (TPSA) is 55.4 Å². The highest BCUT2D eigenvalue weighted by Crippen LogP contribution is 2.40. The maximum absolute atomic E-state index is 13.1. The number of methoxy groups -OCH3 is 1. The summed E-state index contributed by atoms with van der Waals surface area (Å²) in [4.78, 5) is 0. The van der Waals surface area contributed by atoms with E-state index >= 15 is 0 Å². The summed E-state index contributed by atoms with van der Waals surface area (Å²) in [6, 6.07) is 0. The minimum absolute atomic E-state index is 0.149. The zero-order chi connectivity index (χ0) is 21.1. The molecule has 162 valence electrons. The van der Waals surface area contributed by atoms with Crippen LogP contribution in [0.25, 0.3) is 0 Å². The lowest BCUT2D eigenvalue weighted by Crippen LogP contribution is -2.55. The molecule has 0 saturated heterocycles. The van der Waals surface area contributed by atoms with Crippen molar-refractivity contribution in [3.8, 4) is 0 Å². The molecule has 0 bridgehead atoms. The quantitative estimate of drug-likeness (QED) is 0.224. The Bertz CT molecular complexity index is 430. The van der Waals surface area contributed by atoms with Gasteiger partial charge in [0.1, 0.15) is 5.57 Å². The van der Waals surface area contributed by atoms with Crippen LogP contribution in [0.1, 0.15) is 53.9 Å². The molecule has 0 saturated carbocycles. The maximum Gasteiger partial charge on any atom is 0.527 e. The molecule has 0 heterocycles. The van der Waals surface area contributed by atoms with E-state index in [1.807, 2.05) is 13.8 Å². The molecule has 2 unspecified atom stereocenters. The molecule has 6 nitrogen and oxygen atoms in total. The Morgan fingerprint density at radius 3 is 1.93 bits per heavy atom. The molecule has 0 rings (SSSR count). The molecule has 2 atom stereocenters. The van der Waals surface area contributed by atoms with Gasteiger partial charge in [-0.15, -0.1) is 13.2 Å². The molecule has 0 spiro atoms. The van der Waals surface area contributed by atoms with Crippen LogP contribution in [0.4, 0.5) is 13.2 Å². The van der Waals surface area contributed by atoms with Crippen LogP contribution in [0.3, 0.4) is 0 Å². The second-order valence-corrected chi connectivity index (χ2v) is 5.99. The minimum Gasteiger partial charge on any atom is -0.327 e. The predicted molar refractivity (Wildman–Crippen MR) is 93.7 cm³/mol. The highest BCUT2D eigenvalue weighted by atomic mass is 19.4. The van der Waals surface area contributed by atoms with Crippen molar-refractivity contribution < 1.29 is 41.6 Å². The maximum atomic E-state index is 13.1. The van der Waals surface area contributed by atoms with Gasteiger partial charge in [0.25, 0.3) is 0 Å². The van der Waals surface area contributed by atoms with Crippen molar-refractivity contribution in [3.63, 3.8) is 0 Å². The van der Waals surface area contributed by atoms with Gasteiger partial charge in [-0.3, -0.25) is 0 Å². The van der Waals surface area contributed by atoms with Crippen molar-refractivity contribution in [2.45, 2.75) is 78.3 Å². The van der Waals surface area contributed by atoms with Gasteiger partial charge in [-0.1, -0.05) is 26.8 Å². The first-order valence-electron chi connectivity index (χ1n) is 9.14. The Hall–Kier alpha value is -0.710. The molecule has 0 aromatic rings. The number of hydrogen-bond acceptors (Lipinski definition) is 6. The van der Waals surface area contributed by atoms with E-state index in [9.17, 15) is 13.2 Å². The van der Waals surface area contributed by atoms with E-state index in [0.717, 1.165) is 13.5 Å². The molecule has 0 fully saturated rings. The third-order valence-electron chi connectivity index (χ3n) is 3.27. The lowest BCUT2D eigenvalue weighted by atomic mass is 10.2. The zero-order valence-electron chi connectivity index (χ0n) is 17.1. The molecule has 0 aliphatic carbocycles. The summed E-state index contributed by atoms with van der Waals surface area (Å²) in [5.74, 6) is -4.72. The van der Waals surface area contributed by atoms with Crippen molar-refractivity contribution in [2.75, 3.05) is 26.9 Å². The molecule has 0 aromatic heterocycles. The first-order valence-corrected chi connectivity index (χ1v) is 9.14. The SMILES string of the molecule is C=C(C(OCCC)(OCCCC)OC(C)C)C(OC)(OCC)OC(F)(F)F. The molecule has 0 aliphatic rings. The Labute approximate surface area is 159 Å². The van der Waals surface area contributed by atoms with Gasteiger partial charge in [-0.2, -0.15) is 0 Å². The molecule has 0 radical (unpaired) electrons. The zero-order valence-corrected chi connectivity index (χ0v) is 17.1. The van der Waals surface area contributed by atoms with E-state index in [2.05, 4.69) is 11.3 Å². The molecule has 27 heavy (non-hydrogen) atoms. The fourth-order valence-electron chi connectivity index (χ4n) is 2.18. The van der Waals surface area contributed by atoms with E-state index in [1.54, 1.807) is 13.8 Å². The summed E-state index contributed by atoms with van der Waals surface area (Å²) in [5.41, 5.74) is -0.421. The Balaban J connectivity index is 6.11. The van der Waals surface area contributed by atoms with Crippen LogP contribution in [0.15, 0.2) is 12.2 Å². The van der Waals surface area contributed by atoms with Crippen molar-refractivity contribution in [1.82, 2.24) is 0 Å². The molecule has 0 N–H and O–H groups in total. The number of rotatable bonds is 15. The van der Waals surface area contributed by atoms with Gasteiger partial charge in [-0.05, 0) is 33.6 Å². The van der Waals surface area contributed by atoms with Gasteiger partial charge < -0.3 is 23.7 Å². The number of unbranched alkanes of at least 4 members (excludes halogenated alkanes) is 1. The smallest absolute Gasteiger partial charge is 0.327 e. The molecule has 0 aromatic carbocycles. The van der Waals surface area contributed by atoms with Gasteiger partial charge >= 0.3 is 18.3 Å². The number of ether oxygens (including phenoxy) is 6. The number of halogens is 3. The van der Waals surface area contributed by atoms with Crippen LogP contribution < -0.4 is 0 Å². The van der Waals surface area contributed by atoms with E-state index in [0.29, 0.717) is 12.8 Å². The van der Waals surface area contributed by atoms with Crippen LogP contribution in [0, 0.1) is 0 Å². The van der Waals surface area contributed by atoms with E-state index in [-0.39, 0.29) is 19.8 Å². The number of alkyl halides is 3. The Morgan fingerprint density at radius 2 is 1.52 bits per heavy atom. The summed E-state index contributed by atoms with van der Waals surface area (Å²) in [6.45, 7) is 12.6. The summed E-state index contributed by atoms with van der Waals surface area (Å²) in [7, 11) is 1.01. The lowest BCUT2D eigenvalue weighted by molar-refractivity contribution is -0.484. The third kappa shape index (κ3) is 8.45. The highest BCUT2D eigenvalue weighted by Gasteiger charge is 2.56. The van der Waals surface area contributed by atoms with Crippen molar-refractivity contribution in [1.29, 1.82) is 0 Å². The monoisotopic (exact) mass is 402 g/mol. The standard InChI is InChI=1S/C18H33F3O6/c1-8-11-13-25-17(24-12-9-2,26-14(4)5)15(6)16(22-7,23-10-3)27-18(19,20)21/h14H,6,8-13H2,1-5,7H3. The Morgan fingerprint density at radius 1 is 0.926 bits per heavy atom. The highest BCUT2D eigenvalue weighted by molar-refractivity contribution is 5.13. The average molecular weight is 402 g/mol. The van der Waals surface area contributed by atoms with Crippen LogP contribution in [0.5, 0.6) is 0 Å². The van der Waals surface area contributed by atoms with Crippen LogP contribution in [-0.4, -0.2) is 51.3 Å². The van der Waals surface area contributed by atoms with Crippen molar-refractivity contribution in [3.05, 3.63) is 12.2 Å². The summed E-state index contributed by atoms with van der Waals surface area (Å²) in [5, 5.41) is 0. The predicted octanol–water partition coefficient (Wildman–Crippen LogP) is 4.74. The van der Waals surface area contributed by atoms with Crippen LogP contribution in [-0.2, 0) is 28.4 Å². The lowest BCUT2D eigenvalue weighted by Gasteiger charge is -2.43. The fourth-order valence-corrected chi connectivity index (χ4v) is 2.18.